The third kappa shape index (κ3) is 9.69. The summed E-state index contributed by atoms with van der Waals surface area (Å²) in [6.07, 6.45) is 3.27. The Morgan fingerprint density at radius 3 is 1.96 bits per heavy atom. The Morgan fingerprint density at radius 1 is 0.721 bits per heavy atom. The number of para-hydroxylation sites is 2. The van der Waals surface area contributed by atoms with Crippen molar-refractivity contribution in [3.63, 3.8) is 0 Å². The largest absolute Gasteiger partial charge is 0.499 e. The zero-order valence-corrected chi connectivity index (χ0v) is 45.7. The van der Waals surface area contributed by atoms with Gasteiger partial charge in [0.05, 0.1) is 33.8 Å². The SMILES string of the molecule is CC(C)Cc1cc(-c2[c-]cccc2)nc[c]1[Ge]([CH3])([CH3])[CH3].Cc1cc2c(oc3c(-c4nc5ccccc5n4-c4c(-c5ccccc5)cc(C(C)(C)C)cc4-c4ccccc4)[c-]cc(C)c32)c(C)n1.[Ir]. The molecule has 1 radical (unpaired) electrons. The van der Waals surface area contributed by atoms with E-state index in [0.29, 0.717) is 5.92 Å². The molecule has 345 valence electrons. The van der Waals surface area contributed by atoms with Gasteiger partial charge >= 0.3 is 126 Å². The van der Waals surface area contributed by atoms with E-state index >= 15 is 0 Å². The maximum Gasteiger partial charge on any atom is 0.142 e. The molecule has 0 spiro atoms. The summed E-state index contributed by atoms with van der Waals surface area (Å²) in [4.78, 5) is 14.8. The molecule has 0 saturated heterocycles. The van der Waals surface area contributed by atoms with Crippen LogP contribution < -0.4 is 4.40 Å². The van der Waals surface area contributed by atoms with Crippen LogP contribution in [0.5, 0.6) is 0 Å². The number of aromatic nitrogens is 4. The van der Waals surface area contributed by atoms with Crippen molar-refractivity contribution in [3.05, 3.63) is 186 Å². The fourth-order valence-electron chi connectivity index (χ4n) is 9.34. The summed E-state index contributed by atoms with van der Waals surface area (Å²) < 4.78 is 10.6. The van der Waals surface area contributed by atoms with Crippen molar-refractivity contribution < 1.29 is 24.5 Å². The molecule has 0 fully saturated rings. The molecule has 0 aliphatic rings. The van der Waals surface area contributed by atoms with E-state index in [4.69, 9.17) is 19.4 Å². The molecule has 6 aromatic carbocycles. The molecule has 0 aliphatic carbocycles. The van der Waals surface area contributed by atoms with Crippen LogP contribution in [0.2, 0.25) is 17.3 Å². The Labute approximate surface area is 418 Å². The Hall–Kier alpha value is -5.92. The molecule has 0 amide bonds. The predicted molar refractivity (Wildman–Crippen MR) is 284 cm³/mol. The van der Waals surface area contributed by atoms with Crippen LogP contribution in [0.15, 0.2) is 150 Å². The summed E-state index contributed by atoms with van der Waals surface area (Å²) in [6.45, 7) is 17.6. The molecule has 0 saturated carbocycles. The normalized spacial score (nSPS) is 11.8. The fourth-order valence-corrected chi connectivity index (χ4v) is 12.7. The minimum absolute atomic E-state index is 0. The van der Waals surface area contributed by atoms with Gasteiger partial charge in [-0.2, -0.15) is 0 Å². The second-order valence-electron chi connectivity index (χ2n) is 20.4. The first-order chi connectivity index (χ1) is 32.1. The molecule has 0 bridgehead atoms. The van der Waals surface area contributed by atoms with Crippen LogP contribution in [-0.4, -0.2) is 32.8 Å². The zero-order chi connectivity index (χ0) is 47.2. The number of fused-ring (bicyclic) bond motifs is 4. The summed E-state index contributed by atoms with van der Waals surface area (Å²) in [5, 5.41) is 2.15. The molecule has 10 rings (SSSR count). The van der Waals surface area contributed by atoms with Crippen LogP contribution in [0.1, 0.15) is 62.7 Å². The van der Waals surface area contributed by atoms with Crippen molar-refractivity contribution in [2.45, 2.75) is 84.5 Å². The average molecular weight is 1130 g/mol. The number of rotatable bonds is 8. The zero-order valence-electron chi connectivity index (χ0n) is 41.2. The van der Waals surface area contributed by atoms with E-state index in [-0.39, 0.29) is 25.5 Å². The van der Waals surface area contributed by atoms with E-state index in [1.54, 1.807) is 4.40 Å². The van der Waals surface area contributed by atoms with Gasteiger partial charge in [0.2, 0.25) is 0 Å². The number of imidazole rings is 1. The molecule has 7 heteroatoms. The summed E-state index contributed by atoms with van der Waals surface area (Å²) in [6, 6.07) is 56.0. The predicted octanol–water partition coefficient (Wildman–Crippen LogP) is 15.6. The third-order valence-electron chi connectivity index (χ3n) is 12.6. The van der Waals surface area contributed by atoms with E-state index in [2.05, 4.69) is 203 Å². The molecule has 0 atom stereocenters. The van der Waals surface area contributed by atoms with Gasteiger partial charge in [-0.15, -0.1) is 17.7 Å². The van der Waals surface area contributed by atoms with Gasteiger partial charge < -0.3 is 8.98 Å². The van der Waals surface area contributed by atoms with Crippen LogP contribution in [0.4, 0.5) is 0 Å². The summed E-state index contributed by atoms with van der Waals surface area (Å²) in [5.41, 5.74) is 17.8. The van der Waals surface area contributed by atoms with Crippen molar-refractivity contribution in [2.75, 3.05) is 0 Å². The minimum Gasteiger partial charge on any atom is -0.499 e. The van der Waals surface area contributed by atoms with Crippen LogP contribution >= 0.6 is 0 Å². The molecule has 68 heavy (non-hydrogen) atoms. The Morgan fingerprint density at radius 2 is 1.35 bits per heavy atom. The van der Waals surface area contributed by atoms with Crippen molar-refractivity contribution in [3.8, 4) is 50.6 Å². The number of furan rings is 1. The first kappa shape index (κ1) is 48.5. The average Bonchev–Trinajstić information content (AvgIpc) is 3.89. The summed E-state index contributed by atoms with van der Waals surface area (Å²) in [7, 11) is 0. The molecule has 5 nitrogen and oxygen atoms in total. The van der Waals surface area contributed by atoms with Gasteiger partial charge in [-0.25, -0.2) is 0 Å². The maximum atomic E-state index is 6.74. The molecular weight excluding hydrogens is 1070 g/mol. The molecule has 0 aliphatic heterocycles. The van der Waals surface area contributed by atoms with Gasteiger partial charge in [0.1, 0.15) is 5.58 Å². The fraction of sp³-hybridized carbons (Fsp3) is 0.230. The monoisotopic (exact) mass is 1130 g/mol. The first-order valence-corrected chi connectivity index (χ1v) is 30.9. The minimum atomic E-state index is -1.86. The van der Waals surface area contributed by atoms with Crippen molar-refractivity contribution >= 4 is 50.6 Å². The van der Waals surface area contributed by atoms with Crippen molar-refractivity contribution in [1.82, 2.24) is 19.5 Å². The first-order valence-electron chi connectivity index (χ1n) is 23.5. The number of hydrogen-bond acceptors (Lipinski definition) is 4. The van der Waals surface area contributed by atoms with Crippen LogP contribution in [0.3, 0.4) is 0 Å². The van der Waals surface area contributed by atoms with E-state index in [0.717, 1.165) is 107 Å². The smallest absolute Gasteiger partial charge is 0.142 e. The molecule has 0 N–H and O–H groups in total. The second-order valence-corrected chi connectivity index (χ2v) is 31.0. The Kier molecular flexibility index (Phi) is 14.0. The number of benzene rings is 6. The Bertz CT molecular complexity index is 3340. The van der Waals surface area contributed by atoms with Crippen LogP contribution in [0, 0.1) is 38.8 Å². The van der Waals surface area contributed by atoms with Gasteiger partial charge in [0.25, 0.3) is 0 Å². The Balaban J connectivity index is 0.000000251. The maximum absolute atomic E-state index is 6.74. The summed E-state index contributed by atoms with van der Waals surface area (Å²) in [5.74, 6) is 8.78. The number of nitrogens with zero attached hydrogens (tertiary/aromatic N) is 4. The topological polar surface area (TPSA) is 56.7 Å². The van der Waals surface area contributed by atoms with Crippen molar-refractivity contribution in [1.29, 1.82) is 0 Å². The van der Waals surface area contributed by atoms with E-state index in [1.165, 1.54) is 11.1 Å². The van der Waals surface area contributed by atoms with E-state index in [9.17, 15) is 0 Å². The number of hydrogen-bond donors (Lipinski definition) is 0. The molecule has 4 heterocycles. The van der Waals surface area contributed by atoms with Crippen LogP contribution in [-0.2, 0) is 31.9 Å². The van der Waals surface area contributed by atoms with Crippen molar-refractivity contribution in [2.24, 2.45) is 5.92 Å². The van der Waals surface area contributed by atoms with Gasteiger partial charge in [0.15, 0.2) is 0 Å². The summed E-state index contributed by atoms with van der Waals surface area (Å²) >= 11 is -1.86. The molecule has 0 unspecified atom stereocenters. The quantitative estimate of drug-likeness (QED) is 0.112. The van der Waals surface area contributed by atoms with Crippen LogP contribution in [0.25, 0.3) is 83.6 Å². The van der Waals surface area contributed by atoms with Gasteiger partial charge in [0, 0.05) is 42.3 Å². The number of aryl methyl sites for hydroxylation is 3. The van der Waals surface area contributed by atoms with Gasteiger partial charge in [-0.3, -0.25) is 9.97 Å². The van der Waals surface area contributed by atoms with E-state index < -0.39 is 13.3 Å². The molecule has 4 aromatic heterocycles. The number of pyridine rings is 2. The molecule has 10 aromatic rings. The van der Waals surface area contributed by atoms with Gasteiger partial charge in [-0.05, 0) is 66.3 Å². The molecular formula is C61H60GeIrN4O-2. The van der Waals surface area contributed by atoms with E-state index in [1.807, 2.05) is 32.0 Å². The third-order valence-corrected chi connectivity index (χ3v) is 16.9. The second kappa shape index (κ2) is 19.6. The van der Waals surface area contributed by atoms with Gasteiger partial charge in [-0.1, -0.05) is 111 Å². The standard InChI is InChI=1S/C43H36N3O.C18H24GeN.Ir/c1-26-21-22-32(41-38(26)35-23-27(2)44-28(3)40(35)47-41)42-45-36-19-13-14-20-37(36)46(42)39-33(29-15-9-7-10-16-29)24-31(43(4,5)6)25-34(39)30-17-11-8-12-18-30;1-14(2)11-16-12-18(15-9-7-6-8-10-15)20-13-17(16)19(3,4)5;/h7-21,23-25H,1-6H3;6-9,12-14H,11H2,1-5H3;/q2*-1;.